The second-order valence-corrected chi connectivity index (χ2v) is 10.9. The van der Waals surface area contributed by atoms with Gasteiger partial charge in [-0.2, -0.15) is 0 Å². The average molecular weight is 441 g/mol. The van der Waals surface area contributed by atoms with Gasteiger partial charge in [-0.05, 0) is 74.5 Å². The van der Waals surface area contributed by atoms with Crippen molar-refractivity contribution >= 4 is 34.9 Å². The van der Waals surface area contributed by atoms with Crippen LogP contribution in [0.3, 0.4) is 0 Å². The van der Waals surface area contributed by atoms with Crippen LogP contribution in [0.2, 0.25) is 0 Å². The Bertz CT molecular complexity index is 1130. The predicted molar refractivity (Wildman–Crippen MR) is 120 cm³/mol. The fraction of sp³-hybridized carbons (Fsp3) is 0.500. The Labute approximate surface area is 184 Å². The van der Waals surface area contributed by atoms with Gasteiger partial charge < -0.3 is 14.8 Å². The molecule has 1 saturated carbocycles. The predicted octanol–water partition coefficient (Wildman–Crippen LogP) is 3.45. The molecule has 0 aliphatic heterocycles. The molecule has 1 fully saturated rings. The van der Waals surface area contributed by atoms with E-state index in [1.165, 1.54) is 12.3 Å². The zero-order valence-electron chi connectivity index (χ0n) is 18.1. The Morgan fingerprint density at radius 1 is 1.32 bits per heavy atom. The Morgan fingerprint density at radius 2 is 2.00 bits per heavy atom. The maximum absolute atomic E-state index is 12.9. The first-order chi connectivity index (χ1) is 14.5. The number of nitrogens with one attached hydrogen (secondary N) is 3. The van der Waals surface area contributed by atoms with Gasteiger partial charge in [0.15, 0.2) is 9.92 Å². The Hall–Kier alpha value is -2.26. The van der Waals surface area contributed by atoms with Crippen LogP contribution >= 0.6 is 0 Å². The van der Waals surface area contributed by atoms with E-state index in [2.05, 4.69) is 17.0 Å². The summed E-state index contributed by atoms with van der Waals surface area (Å²) in [6.45, 7) is 5.25. The third-order valence-corrected chi connectivity index (χ3v) is 7.58. The second kappa shape index (κ2) is 7.71. The number of urea groups is 1. The molecule has 1 heterocycles. The molecule has 7 nitrogen and oxygen atoms in total. The third-order valence-electron chi connectivity index (χ3n) is 6.33. The van der Waals surface area contributed by atoms with E-state index < -0.39 is 21.5 Å². The fourth-order valence-corrected chi connectivity index (χ4v) is 5.19. The van der Waals surface area contributed by atoms with Crippen molar-refractivity contribution in [3.8, 4) is 0 Å². The number of carbonyl (C=O) groups is 1. The molecule has 0 spiro atoms. The first-order valence-corrected chi connectivity index (χ1v) is 12.2. The van der Waals surface area contributed by atoms with Crippen LogP contribution in [0.25, 0.3) is 0 Å². The highest BCUT2D eigenvalue weighted by molar-refractivity contribution is 7.91. The van der Waals surface area contributed by atoms with Gasteiger partial charge >= 0.3 is 6.03 Å². The van der Waals surface area contributed by atoms with E-state index in [9.17, 15) is 14.1 Å². The molecule has 1 unspecified atom stereocenters. The number of amides is 2. The van der Waals surface area contributed by atoms with E-state index >= 15 is 0 Å². The minimum atomic E-state index is -3.74. The molecule has 1 aromatic heterocycles. The Balaban J connectivity index is 1.60. The fourth-order valence-electron chi connectivity index (χ4n) is 4.30. The van der Waals surface area contributed by atoms with Crippen LogP contribution < -0.4 is 15.5 Å². The quantitative estimate of drug-likeness (QED) is 0.514. The number of anilines is 1. The monoisotopic (exact) mass is 441 g/mol. The summed E-state index contributed by atoms with van der Waals surface area (Å²) in [6.07, 6.45) is 6.23. The molecular formula is C22H28BN3O4S. The van der Waals surface area contributed by atoms with Gasteiger partial charge in [-0.1, -0.05) is 18.5 Å². The molecule has 9 heteroatoms. The molecule has 0 saturated heterocycles. The average Bonchev–Trinajstić information content (AvgIpc) is 3.17. The zero-order valence-corrected chi connectivity index (χ0v) is 18.9. The van der Waals surface area contributed by atoms with E-state index in [4.69, 9.17) is 17.0 Å². The van der Waals surface area contributed by atoms with Gasteiger partial charge in [-0.15, -0.1) is 0 Å². The summed E-state index contributed by atoms with van der Waals surface area (Å²) in [4.78, 5) is 12.8. The van der Waals surface area contributed by atoms with Gasteiger partial charge in [-0.25, -0.2) is 18.5 Å². The standard InChI is InChI=1S/C22H28BN3O4S/c1-12(13-7-8-13)17-10-18(23)15-5-4-6-16(15)20(17)25-21(27)26-31(24,29)19-9-14(11-30-19)22(2,3)28/h9-13,28H,4-8H2,1-3H3,(H3,24,25,26,27,29)/t12-,31?/m1/s1. The minimum absolute atomic E-state index is 0.214. The first-order valence-electron chi connectivity index (χ1n) is 10.6. The van der Waals surface area contributed by atoms with Crippen LogP contribution in [0, 0.1) is 10.7 Å². The number of fused-ring (bicyclic) bond motifs is 1. The highest BCUT2D eigenvalue weighted by atomic mass is 32.2. The van der Waals surface area contributed by atoms with Gasteiger partial charge in [0.1, 0.15) is 7.85 Å². The third kappa shape index (κ3) is 4.39. The largest absolute Gasteiger partial charge is 0.452 e. The lowest BCUT2D eigenvalue weighted by Gasteiger charge is -2.22. The van der Waals surface area contributed by atoms with Crippen molar-refractivity contribution in [1.29, 1.82) is 4.78 Å². The van der Waals surface area contributed by atoms with Crippen LogP contribution in [-0.4, -0.2) is 23.2 Å². The number of furan rings is 1. The molecule has 2 aromatic rings. The molecule has 4 rings (SSSR count). The van der Waals surface area contributed by atoms with Crippen LogP contribution in [0.1, 0.15) is 68.2 Å². The van der Waals surface area contributed by atoms with Gasteiger partial charge in [0.25, 0.3) is 0 Å². The summed E-state index contributed by atoms with van der Waals surface area (Å²) in [5.41, 5.74) is 3.75. The molecule has 2 aliphatic carbocycles. The summed E-state index contributed by atoms with van der Waals surface area (Å²) in [6, 6.07) is 2.56. The smallest absolute Gasteiger partial charge is 0.332 e. The molecule has 164 valence electrons. The number of aliphatic hydroxyl groups is 1. The lowest BCUT2D eigenvalue weighted by Crippen LogP contribution is -2.34. The number of rotatable bonds is 6. The molecule has 2 radical (unpaired) electrons. The zero-order chi connectivity index (χ0) is 22.6. The normalized spacial score (nSPS) is 18.8. The first kappa shape index (κ1) is 22.0. The number of hydrogen-bond donors (Lipinski definition) is 4. The molecule has 31 heavy (non-hydrogen) atoms. The van der Waals surface area contributed by atoms with E-state index in [1.54, 1.807) is 13.8 Å². The summed E-state index contributed by atoms with van der Waals surface area (Å²) < 4.78 is 28.5. The summed E-state index contributed by atoms with van der Waals surface area (Å²) >= 11 is 0. The number of benzene rings is 1. The van der Waals surface area contributed by atoms with Crippen molar-refractivity contribution in [2.24, 2.45) is 5.92 Å². The van der Waals surface area contributed by atoms with Gasteiger partial charge in [0.2, 0.25) is 5.09 Å². The molecule has 2 amide bonds. The summed E-state index contributed by atoms with van der Waals surface area (Å²) in [5.74, 6) is 0.828. The highest BCUT2D eigenvalue weighted by Gasteiger charge is 2.33. The van der Waals surface area contributed by atoms with Crippen LogP contribution in [0.5, 0.6) is 0 Å². The minimum Gasteiger partial charge on any atom is -0.452 e. The van der Waals surface area contributed by atoms with Crippen molar-refractivity contribution < 1.29 is 18.5 Å². The lowest BCUT2D eigenvalue weighted by molar-refractivity contribution is 0.0779. The molecule has 0 bridgehead atoms. The Kier molecular flexibility index (Phi) is 5.46. The molecule has 2 aliphatic rings. The summed E-state index contributed by atoms with van der Waals surface area (Å²) in [5, 5.41) is 12.7. The molecule has 2 atom stereocenters. The Morgan fingerprint density at radius 3 is 2.61 bits per heavy atom. The SMILES string of the molecule is [B]c1cc([C@H](C)C2CC2)c(NC(=O)NS(=N)(=O)c2cc(C(C)(C)O)co2)c2c1CCC2. The molecule has 1 aromatic carbocycles. The highest BCUT2D eigenvalue weighted by Crippen LogP contribution is 2.46. The second-order valence-electron chi connectivity index (χ2n) is 9.19. The van der Waals surface area contributed by atoms with Crippen molar-refractivity contribution in [3.63, 3.8) is 0 Å². The van der Waals surface area contributed by atoms with Crippen molar-refractivity contribution in [2.45, 2.75) is 69.5 Å². The van der Waals surface area contributed by atoms with Crippen LogP contribution in [0.4, 0.5) is 10.5 Å². The summed E-state index contributed by atoms with van der Waals surface area (Å²) in [7, 11) is 2.57. The van der Waals surface area contributed by atoms with Gasteiger partial charge in [0.05, 0.1) is 11.9 Å². The maximum atomic E-state index is 12.9. The van der Waals surface area contributed by atoms with E-state index in [1.807, 2.05) is 6.07 Å². The van der Waals surface area contributed by atoms with E-state index in [0.29, 0.717) is 11.5 Å². The van der Waals surface area contributed by atoms with Crippen LogP contribution in [-0.2, 0) is 28.4 Å². The molecular weight excluding hydrogens is 413 g/mol. The van der Waals surface area contributed by atoms with Crippen molar-refractivity contribution in [3.05, 3.63) is 40.6 Å². The topological polar surface area (TPSA) is 115 Å². The van der Waals surface area contributed by atoms with Crippen molar-refractivity contribution in [1.82, 2.24) is 4.72 Å². The van der Waals surface area contributed by atoms with Gasteiger partial charge in [0, 0.05) is 17.3 Å². The number of hydrogen-bond acceptors (Lipinski definition) is 5. The molecule has 4 N–H and O–H groups in total. The van der Waals surface area contributed by atoms with Crippen LogP contribution in [0.15, 0.2) is 27.9 Å². The van der Waals surface area contributed by atoms with Crippen molar-refractivity contribution in [2.75, 3.05) is 5.32 Å². The van der Waals surface area contributed by atoms with E-state index in [-0.39, 0.29) is 11.0 Å². The lowest BCUT2D eigenvalue weighted by atomic mass is 9.82. The van der Waals surface area contributed by atoms with E-state index in [0.717, 1.165) is 59.9 Å². The number of carbonyl (C=O) groups excluding carboxylic acids is 1. The maximum Gasteiger partial charge on any atom is 0.332 e. The van der Waals surface area contributed by atoms with Gasteiger partial charge in [-0.3, -0.25) is 0 Å².